The van der Waals surface area contributed by atoms with E-state index in [0.717, 1.165) is 24.0 Å². The third-order valence-electron chi connectivity index (χ3n) is 6.28. The van der Waals surface area contributed by atoms with Crippen molar-refractivity contribution >= 4 is 17.7 Å². The Labute approximate surface area is 199 Å². The highest BCUT2D eigenvalue weighted by molar-refractivity contribution is 5.91. The number of carbonyl (C=O) groups is 3. The highest BCUT2D eigenvalue weighted by Gasteiger charge is 2.39. The van der Waals surface area contributed by atoms with Crippen molar-refractivity contribution in [2.75, 3.05) is 6.61 Å². The largest absolute Gasteiger partial charge is 0.381 e. The van der Waals surface area contributed by atoms with Gasteiger partial charge in [0.2, 0.25) is 11.8 Å². The Morgan fingerprint density at radius 1 is 1.03 bits per heavy atom. The van der Waals surface area contributed by atoms with E-state index < -0.39 is 24.1 Å². The molecule has 3 N–H and O–H groups in total. The molecule has 8 heteroatoms. The molecule has 1 saturated carbocycles. The standard InChI is InChI=1S/C26H31N3O5/c30-23-14-13-21(27-23)26(33)29(16-19-9-5-2-6-10-19)22(15-18-7-3-1-4-8-18)24(31)25(32)28-34-17-20-11-12-20/h1-10,20-22,24,31H,11-17H2,(H,27,30)(H,28,32)/t21-,22?,24?/m1/s1. The first kappa shape index (κ1) is 23.9. The summed E-state index contributed by atoms with van der Waals surface area (Å²) in [6.45, 7) is 0.597. The summed E-state index contributed by atoms with van der Waals surface area (Å²) in [7, 11) is 0. The monoisotopic (exact) mass is 465 g/mol. The van der Waals surface area contributed by atoms with Gasteiger partial charge in [0, 0.05) is 13.0 Å². The maximum Gasteiger partial charge on any atom is 0.274 e. The quantitative estimate of drug-likeness (QED) is 0.438. The predicted octanol–water partition coefficient (Wildman–Crippen LogP) is 1.72. The van der Waals surface area contributed by atoms with E-state index in [0.29, 0.717) is 18.9 Å². The maximum absolute atomic E-state index is 13.6. The molecular weight excluding hydrogens is 434 g/mol. The van der Waals surface area contributed by atoms with Crippen molar-refractivity contribution in [1.29, 1.82) is 0 Å². The van der Waals surface area contributed by atoms with E-state index in [4.69, 9.17) is 4.84 Å². The molecule has 180 valence electrons. The van der Waals surface area contributed by atoms with Crippen molar-refractivity contribution in [2.45, 2.75) is 56.8 Å². The normalized spacial score (nSPS) is 19.2. The number of hydrogen-bond acceptors (Lipinski definition) is 5. The van der Waals surface area contributed by atoms with Crippen molar-refractivity contribution in [1.82, 2.24) is 15.7 Å². The molecule has 8 nitrogen and oxygen atoms in total. The number of hydroxylamine groups is 1. The van der Waals surface area contributed by atoms with E-state index in [-0.39, 0.29) is 31.2 Å². The topological polar surface area (TPSA) is 108 Å². The Hall–Kier alpha value is -3.23. The average molecular weight is 466 g/mol. The van der Waals surface area contributed by atoms with Gasteiger partial charge in [0.25, 0.3) is 5.91 Å². The summed E-state index contributed by atoms with van der Waals surface area (Å²) >= 11 is 0. The molecule has 0 bridgehead atoms. The van der Waals surface area contributed by atoms with Crippen LogP contribution in [0.3, 0.4) is 0 Å². The molecule has 4 rings (SSSR count). The summed E-state index contributed by atoms with van der Waals surface area (Å²) in [6, 6.07) is 17.3. The Balaban J connectivity index is 1.59. The van der Waals surface area contributed by atoms with Gasteiger partial charge < -0.3 is 15.3 Å². The summed E-state index contributed by atoms with van der Waals surface area (Å²) in [5.74, 6) is -0.742. The van der Waals surface area contributed by atoms with E-state index in [2.05, 4.69) is 10.8 Å². The first-order valence-electron chi connectivity index (χ1n) is 11.8. The second-order valence-electron chi connectivity index (χ2n) is 9.03. The number of carbonyl (C=O) groups excluding carboxylic acids is 3. The van der Waals surface area contributed by atoms with Gasteiger partial charge in [0.05, 0.1) is 12.6 Å². The molecule has 1 aliphatic carbocycles. The Morgan fingerprint density at radius 2 is 1.68 bits per heavy atom. The van der Waals surface area contributed by atoms with Crippen molar-refractivity contribution in [3.63, 3.8) is 0 Å². The van der Waals surface area contributed by atoms with Crippen LogP contribution in [0.1, 0.15) is 36.8 Å². The number of aliphatic hydroxyl groups is 1. The van der Waals surface area contributed by atoms with Crippen LogP contribution in [-0.2, 0) is 32.2 Å². The van der Waals surface area contributed by atoms with E-state index in [9.17, 15) is 19.5 Å². The van der Waals surface area contributed by atoms with Crippen LogP contribution in [0.2, 0.25) is 0 Å². The van der Waals surface area contributed by atoms with Crippen LogP contribution in [0, 0.1) is 5.92 Å². The third-order valence-corrected chi connectivity index (χ3v) is 6.28. The lowest BCUT2D eigenvalue weighted by molar-refractivity contribution is -0.151. The zero-order valence-electron chi connectivity index (χ0n) is 19.1. The van der Waals surface area contributed by atoms with Crippen LogP contribution in [0.5, 0.6) is 0 Å². The summed E-state index contributed by atoms with van der Waals surface area (Å²) in [5.41, 5.74) is 4.09. The first-order valence-corrected chi connectivity index (χ1v) is 11.8. The molecular formula is C26H31N3O5. The van der Waals surface area contributed by atoms with Gasteiger partial charge in [-0.2, -0.15) is 0 Å². The molecule has 2 aliphatic rings. The SMILES string of the molecule is O=C1CC[C@H](C(=O)N(Cc2ccccc2)C(Cc2ccccc2)C(O)C(=O)NOCC2CC2)N1. The molecule has 2 aromatic carbocycles. The summed E-state index contributed by atoms with van der Waals surface area (Å²) < 4.78 is 0. The molecule has 3 amide bonds. The maximum atomic E-state index is 13.6. The molecule has 3 atom stereocenters. The molecule has 1 heterocycles. The van der Waals surface area contributed by atoms with Gasteiger partial charge in [-0.15, -0.1) is 0 Å². The molecule has 2 fully saturated rings. The highest BCUT2D eigenvalue weighted by Crippen LogP contribution is 2.28. The van der Waals surface area contributed by atoms with Gasteiger partial charge in [0.1, 0.15) is 6.04 Å². The fourth-order valence-electron chi connectivity index (χ4n) is 4.14. The van der Waals surface area contributed by atoms with Crippen LogP contribution >= 0.6 is 0 Å². The molecule has 1 aliphatic heterocycles. The lowest BCUT2D eigenvalue weighted by Crippen LogP contribution is -2.56. The van der Waals surface area contributed by atoms with Gasteiger partial charge >= 0.3 is 0 Å². The van der Waals surface area contributed by atoms with Gasteiger partial charge in [-0.05, 0) is 42.7 Å². The van der Waals surface area contributed by atoms with E-state index in [1.165, 1.54) is 4.90 Å². The fraction of sp³-hybridized carbons (Fsp3) is 0.423. The summed E-state index contributed by atoms with van der Waals surface area (Å²) in [5, 5.41) is 13.9. The minimum atomic E-state index is -1.52. The van der Waals surface area contributed by atoms with Crippen molar-refractivity contribution in [3.05, 3.63) is 71.8 Å². The number of hydrogen-bond donors (Lipinski definition) is 3. The second-order valence-corrected chi connectivity index (χ2v) is 9.03. The van der Waals surface area contributed by atoms with Crippen molar-refractivity contribution in [2.24, 2.45) is 5.92 Å². The van der Waals surface area contributed by atoms with Gasteiger partial charge in [-0.3, -0.25) is 19.2 Å². The van der Waals surface area contributed by atoms with Crippen LogP contribution in [-0.4, -0.2) is 52.5 Å². The number of amides is 3. The highest BCUT2D eigenvalue weighted by atomic mass is 16.7. The zero-order valence-corrected chi connectivity index (χ0v) is 19.1. The summed E-state index contributed by atoms with van der Waals surface area (Å²) in [6.07, 6.45) is 1.54. The van der Waals surface area contributed by atoms with Crippen molar-refractivity contribution < 1.29 is 24.3 Å². The van der Waals surface area contributed by atoms with Gasteiger partial charge in [-0.25, -0.2) is 5.48 Å². The van der Waals surface area contributed by atoms with Gasteiger partial charge in [-0.1, -0.05) is 60.7 Å². The third kappa shape index (κ3) is 6.42. The Kier molecular flexibility index (Phi) is 7.92. The number of aliphatic hydroxyl groups excluding tert-OH is 1. The Bertz CT molecular complexity index is 980. The number of benzene rings is 2. The number of rotatable bonds is 11. The first-order chi connectivity index (χ1) is 16.5. The number of nitrogens with zero attached hydrogens (tertiary/aromatic N) is 1. The van der Waals surface area contributed by atoms with E-state index in [1.54, 1.807) is 0 Å². The summed E-state index contributed by atoms with van der Waals surface area (Å²) in [4.78, 5) is 45.1. The Morgan fingerprint density at radius 3 is 2.26 bits per heavy atom. The molecule has 2 aromatic rings. The van der Waals surface area contributed by atoms with Crippen LogP contribution < -0.4 is 10.8 Å². The fourth-order valence-corrected chi connectivity index (χ4v) is 4.14. The molecule has 1 saturated heterocycles. The molecule has 2 unspecified atom stereocenters. The average Bonchev–Trinajstić information content (AvgIpc) is 3.58. The second kappa shape index (κ2) is 11.3. The predicted molar refractivity (Wildman–Crippen MR) is 125 cm³/mol. The zero-order chi connectivity index (χ0) is 23.9. The van der Waals surface area contributed by atoms with Crippen LogP contribution in [0.15, 0.2) is 60.7 Å². The van der Waals surface area contributed by atoms with Crippen LogP contribution in [0.25, 0.3) is 0 Å². The molecule has 0 aromatic heterocycles. The number of nitrogens with one attached hydrogen (secondary N) is 2. The minimum Gasteiger partial charge on any atom is -0.381 e. The lowest BCUT2D eigenvalue weighted by Gasteiger charge is -2.36. The van der Waals surface area contributed by atoms with Crippen molar-refractivity contribution in [3.8, 4) is 0 Å². The van der Waals surface area contributed by atoms with E-state index >= 15 is 0 Å². The van der Waals surface area contributed by atoms with E-state index in [1.807, 2.05) is 60.7 Å². The minimum absolute atomic E-state index is 0.176. The lowest BCUT2D eigenvalue weighted by atomic mass is 9.97. The molecule has 0 radical (unpaired) electrons. The van der Waals surface area contributed by atoms with Crippen LogP contribution in [0.4, 0.5) is 0 Å². The smallest absolute Gasteiger partial charge is 0.274 e. The molecule has 0 spiro atoms. The van der Waals surface area contributed by atoms with Gasteiger partial charge in [0.15, 0.2) is 6.10 Å². The molecule has 34 heavy (non-hydrogen) atoms.